The Morgan fingerprint density at radius 3 is 2.86 bits per heavy atom. The molecule has 0 spiro atoms. The summed E-state index contributed by atoms with van der Waals surface area (Å²) < 4.78 is 5.26. The van der Waals surface area contributed by atoms with Crippen molar-refractivity contribution >= 4 is 0 Å². The summed E-state index contributed by atoms with van der Waals surface area (Å²) in [6.45, 7) is 4.66. The maximum absolute atomic E-state index is 9.76. The van der Waals surface area contributed by atoms with Crippen LogP contribution in [0.25, 0.3) is 0 Å². The van der Waals surface area contributed by atoms with E-state index in [2.05, 4.69) is 26.0 Å². The number of benzene rings is 1. The molecule has 0 aromatic heterocycles. The number of rotatable bonds is 2. The van der Waals surface area contributed by atoms with E-state index < -0.39 is 0 Å². The van der Waals surface area contributed by atoms with Gasteiger partial charge in [-0.2, -0.15) is 0 Å². The van der Waals surface area contributed by atoms with Crippen LogP contribution in [0, 0.1) is 11.3 Å². The van der Waals surface area contributed by atoms with Crippen molar-refractivity contribution in [3.05, 3.63) is 35.4 Å². The van der Waals surface area contributed by atoms with E-state index in [1.807, 2.05) is 6.07 Å². The lowest BCUT2D eigenvalue weighted by molar-refractivity contribution is 0.169. The van der Waals surface area contributed by atoms with E-state index in [9.17, 15) is 5.11 Å². The molecule has 2 fully saturated rings. The van der Waals surface area contributed by atoms with Gasteiger partial charge in [-0.05, 0) is 74.0 Å². The van der Waals surface area contributed by atoms with Crippen molar-refractivity contribution in [1.82, 2.24) is 0 Å². The first-order valence-electron chi connectivity index (χ1n) is 8.11. The summed E-state index contributed by atoms with van der Waals surface area (Å²) in [6, 6.07) is 5.86. The van der Waals surface area contributed by atoms with Gasteiger partial charge in [0.05, 0.1) is 7.11 Å². The maximum Gasteiger partial charge on any atom is 0.160 e. The molecule has 0 amide bonds. The second kappa shape index (κ2) is 5.40. The Morgan fingerprint density at radius 2 is 2.14 bits per heavy atom. The van der Waals surface area contributed by atoms with E-state index in [0.29, 0.717) is 17.1 Å². The molecule has 0 heterocycles. The first kappa shape index (κ1) is 14.5. The topological polar surface area (TPSA) is 29.5 Å². The highest BCUT2D eigenvalue weighted by Gasteiger charge is 2.45. The van der Waals surface area contributed by atoms with Crippen molar-refractivity contribution in [3.63, 3.8) is 0 Å². The van der Waals surface area contributed by atoms with Crippen LogP contribution in [0.4, 0.5) is 0 Å². The molecule has 114 valence electrons. The molecule has 0 saturated heterocycles. The molecule has 1 aromatic rings. The summed E-state index contributed by atoms with van der Waals surface area (Å²) in [6.07, 6.45) is 8.75. The van der Waals surface area contributed by atoms with E-state index in [-0.39, 0.29) is 5.75 Å². The van der Waals surface area contributed by atoms with Gasteiger partial charge in [-0.25, -0.2) is 0 Å². The van der Waals surface area contributed by atoms with Gasteiger partial charge in [0.25, 0.3) is 0 Å². The van der Waals surface area contributed by atoms with Crippen LogP contribution in [-0.2, 0) is 0 Å². The third kappa shape index (κ3) is 2.35. The second-order valence-electron chi connectivity index (χ2n) is 6.87. The van der Waals surface area contributed by atoms with Crippen molar-refractivity contribution < 1.29 is 9.84 Å². The smallest absolute Gasteiger partial charge is 0.160 e. The van der Waals surface area contributed by atoms with Gasteiger partial charge in [0.1, 0.15) is 0 Å². The molecule has 2 aliphatic carbocycles. The predicted molar refractivity (Wildman–Crippen MR) is 85.8 cm³/mol. The Bertz CT molecular complexity index is 561. The normalized spacial score (nSPS) is 34.0. The number of hydrogen-bond acceptors (Lipinski definition) is 2. The average molecular weight is 286 g/mol. The maximum atomic E-state index is 9.76. The number of hydrogen-bond donors (Lipinski definition) is 1. The summed E-state index contributed by atoms with van der Waals surface area (Å²) in [5, 5.41) is 9.76. The van der Waals surface area contributed by atoms with Crippen molar-refractivity contribution in [2.75, 3.05) is 7.11 Å². The second-order valence-corrected chi connectivity index (χ2v) is 6.87. The standard InChI is InChI=1S/C19H26O2/c1-4-15-6-7-16-11-14(9-10-19(15,16)2)13-5-8-17(20)18(12-13)21-3/h4-5,8,12,14,16,20H,6-7,9-11H2,1-3H3/b15-4+. The van der Waals surface area contributed by atoms with E-state index in [0.717, 1.165) is 5.92 Å². The zero-order valence-corrected chi connectivity index (χ0v) is 13.4. The molecule has 2 saturated carbocycles. The molecule has 0 bridgehead atoms. The molecule has 2 nitrogen and oxygen atoms in total. The third-order valence-electron chi connectivity index (χ3n) is 6.00. The van der Waals surface area contributed by atoms with E-state index >= 15 is 0 Å². The van der Waals surface area contributed by atoms with Gasteiger partial charge in [0.2, 0.25) is 0 Å². The fourth-order valence-corrected chi connectivity index (χ4v) is 4.60. The fraction of sp³-hybridized carbons (Fsp3) is 0.579. The first-order valence-corrected chi connectivity index (χ1v) is 8.11. The van der Waals surface area contributed by atoms with Crippen LogP contribution >= 0.6 is 0 Å². The van der Waals surface area contributed by atoms with E-state index in [1.165, 1.54) is 37.7 Å². The monoisotopic (exact) mass is 286 g/mol. The minimum absolute atomic E-state index is 0.235. The Kier molecular flexibility index (Phi) is 3.73. The lowest BCUT2D eigenvalue weighted by Crippen LogP contribution is -2.30. The summed E-state index contributed by atoms with van der Waals surface area (Å²) in [5.74, 6) is 2.25. The van der Waals surface area contributed by atoms with Crippen molar-refractivity contribution in [2.24, 2.45) is 11.3 Å². The summed E-state index contributed by atoms with van der Waals surface area (Å²) in [5.41, 5.74) is 3.43. The van der Waals surface area contributed by atoms with Gasteiger partial charge in [0.15, 0.2) is 11.5 Å². The number of ether oxygens (including phenoxy) is 1. The van der Waals surface area contributed by atoms with Crippen LogP contribution < -0.4 is 4.74 Å². The molecule has 1 N–H and O–H groups in total. The van der Waals surface area contributed by atoms with E-state index in [1.54, 1.807) is 18.7 Å². The predicted octanol–water partition coefficient (Wildman–Crippen LogP) is 5.03. The number of phenolic OH excluding ortho intramolecular Hbond substituents is 1. The number of aromatic hydroxyl groups is 1. The SMILES string of the molecule is C/C=C1\CCC2CC(c3ccc(O)c(OC)c3)CCC12C. The van der Waals surface area contributed by atoms with Crippen LogP contribution in [0.1, 0.15) is 57.4 Å². The van der Waals surface area contributed by atoms with Gasteiger partial charge in [-0.15, -0.1) is 0 Å². The summed E-state index contributed by atoms with van der Waals surface area (Å²) in [7, 11) is 1.62. The average Bonchev–Trinajstić information content (AvgIpc) is 2.83. The number of allylic oxidation sites excluding steroid dienone is 2. The minimum atomic E-state index is 0.235. The van der Waals surface area contributed by atoms with Crippen LogP contribution in [0.3, 0.4) is 0 Å². The Balaban J connectivity index is 1.82. The highest BCUT2D eigenvalue weighted by atomic mass is 16.5. The van der Waals surface area contributed by atoms with Gasteiger partial charge in [0, 0.05) is 0 Å². The number of fused-ring (bicyclic) bond motifs is 1. The largest absolute Gasteiger partial charge is 0.504 e. The summed E-state index contributed by atoms with van der Waals surface area (Å²) >= 11 is 0. The highest BCUT2D eigenvalue weighted by molar-refractivity contribution is 5.43. The molecule has 2 heteroatoms. The Hall–Kier alpha value is -1.44. The minimum Gasteiger partial charge on any atom is -0.504 e. The lowest BCUT2D eigenvalue weighted by Gasteiger charge is -2.41. The quantitative estimate of drug-likeness (QED) is 0.773. The van der Waals surface area contributed by atoms with Gasteiger partial charge >= 0.3 is 0 Å². The molecule has 3 unspecified atom stereocenters. The van der Waals surface area contributed by atoms with Crippen molar-refractivity contribution in [3.8, 4) is 11.5 Å². The molecule has 3 atom stereocenters. The Morgan fingerprint density at radius 1 is 1.33 bits per heavy atom. The molecular weight excluding hydrogens is 260 g/mol. The van der Waals surface area contributed by atoms with Crippen molar-refractivity contribution in [2.45, 2.75) is 51.9 Å². The summed E-state index contributed by atoms with van der Waals surface area (Å²) in [4.78, 5) is 0. The van der Waals surface area contributed by atoms with Crippen LogP contribution in [-0.4, -0.2) is 12.2 Å². The molecule has 21 heavy (non-hydrogen) atoms. The van der Waals surface area contributed by atoms with E-state index in [4.69, 9.17) is 4.74 Å². The lowest BCUT2D eigenvalue weighted by atomic mass is 9.63. The molecule has 3 rings (SSSR count). The molecule has 1 aromatic carbocycles. The molecule has 0 radical (unpaired) electrons. The van der Waals surface area contributed by atoms with Gasteiger partial charge in [-0.1, -0.05) is 24.6 Å². The molecule has 2 aliphatic rings. The van der Waals surface area contributed by atoms with Crippen molar-refractivity contribution in [1.29, 1.82) is 0 Å². The van der Waals surface area contributed by atoms with Gasteiger partial charge in [-0.3, -0.25) is 0 Å². The Labute approximate surface area is 127 Å². The third-order valence-corrected chi connectivity index (χ3v) is 6.00. The fourth-order valence-electron chi connectivity index (χ4n) is 4.60. The first-order chi connectivity index (χ1) is 10.1. The molecular formula is C19H26O2. The molecule has 0 aliphatic heterocycles. The van der Waals surface area contributed by atoms with Crippen LogP contribution in [0.2, 0.25) is 0 Å². The number of phenols is 1. The highest BCUT2D eigenvalue weighted by Crippen LogP contribution is 2.58. The zero-order chi connectivity index (χ0) is 15.0. The zero-order valence-electron chi connectivity index (χ0n) is 13.4. The van der Waals surface area contributed by atoms with Crippen LogP contribution in [0.15, 0.2) is 29.8 Å². The van der Waals surface area contributed by atoms with Crippen LogP contribution in [0.5, 0.6) is 11.5 Å². The number of methoxy groups -OCH3 is 1. The van der Waals surface area contributed by atoms with Gasteiger partial charge < -0.3 is 9.84 Å².